The van der Waals surface area contributed by atoms with Crippen LogP contribution in [0.5, 0.6) is 0 Å². The van der Waals surface area contributed by atoms with E-state index in [1.165, 1.54) is 35.7 Å². The molecule has 1 aliphatic rings. The molecule has 1 saturated heterocycles. The first kappa shape index (κ1) is 11.0. The molecule has 0 saturated carbocycles. The van der Waals surface area contributed by atoms with Gasteiger partial charge in [-0.15, -0.1) is 11.3 Å². The summed E-state index contributed by atoms with van der Waals surface area (Å²) in [6, 6.07) is 0.640. The van der Waals surface area contributed by atoms with Crippen LogP contribution in [0, 0.1) is 0 Å². The van der Waals surface area contributed by atoms with E-state index < -0.39 is 0 Å². The van der Waals surface area contributed by atoms with E-state index in [4.69, 9.17) is 5.73 Å². The van der Waals surface area contributed by atoms with Crippen molar-refractivity contribution in [2.75, 3.05) is 13.6 Å². The first-order valence-electron chi connectivity index (χ1n) is 5.60. The normalized spacial score (nSPS) is 25.4. The molecule has 0 bridgehead atoms. The minimum Gasteiger partial charge on any atom is -0.323 e. The SMILES string of the molecule is CC(N)c1cnc(C2CCCCN2C)s1. The van der Waals surface area contributed by atoms with Crippen LogP contribution in [0.2, 0.25) is 0 Å². The Bertz CT molecular complexity index is 321. The average molecular weight is 225 g/mol. The van der Waals surface area contributed by atoms with Gasteiger partial charge in [0.05, 0.1) is 6.04 Å². The zero-order valence-electron chi connectivity index (χ0n) is 9.44. The maximum atomic E-state index is 5.85. The van der Waals surface area contributed by atoms with Gasteiger partial charge in [-0.25, -0.2) is 4.98 Å². The van der Waals surface area contributed by atoms with Gasteiger partial charge in [-0.2, -0.15) is 0 Å². The number of likely N-dealkylation sites (tertiary alicyclic amines) is 1. The monoisotopic (exact) mass is 225 g/mol. The fourth-order valence-corrected chi connectivity index (χ4v) is 3.12. The Morgan fingerprint density at radius 2 is 2.40 bits per heavy atom. The third-order valence-electron chi connectivity index (χ3n) is 3.05. The fourth-order valence-electron chi connectivity index (χ4n) is 2.05. The van der Waals surface area contributed by atoms with Crippen molar-refractivity contribution in [1.82, 2.24) is 9.88 Å². The molecular formula is C11H19N3S. The third kappa shape index (κ3) is 2.38. The number of hydrogen-bond donors (Lipinski definition) is 1. The highest BCUT2D eigenvalue weighted by atomic mass is 32.1. The van der Waals surface area contributed by atoms with E-state index in [1.807, 2.05) is 13.1 Å². The summed E-state index contributed by atoms with van der Waals surface area (Å²) in [7, 11) is 2.19. The van der Waals surface area contributed by atoms with Crippen LogP contribution in [-0.4, -0.2) is 23.5 Å². The number of hydrogen-bond acceptors (Lipinski definition) is 4. The van der Waals surface area contributed by atoms with E-state index in [-0.39, 0.29) is 6.04 Å². The van der Waals surface area contributed by atoms with Crippen LogP contribution in [0.3, 0.4) is 0 Å². The standard InChI is InChI=1S/C11H19N3S/c1-8(12)10-7-13-11(15-10)9-5-3-4-6-14(9)2/h7-9H,3-6,12H2,1-2H3. The molecule has 1 aromatic rings. The van der Waals surface area contributed by atoms with Crippen molar-refractivity contribution in [3.05, 3.63) is 16.1 Å². The van der Waals surface area contributed by atoms with Gasteiger partial charge in [0, 0.05) is 17.1 Å². The number of piperidine rings is 1. The maximum Gasteiger partial charge on any atom is 0.110 e. The lowest BCUT2D eigenvalue weighted by Crippen LogP contribution is -2.29. The van der Waals surface area contributed by atoms with Crippen molar-refractivity contribution in [3.8, 4) is 0 Å². The van der Waals surface area contributed by atoms with Crippen LogP contribution in [0.1, 0.15) is 48.2 Å². The van der Waals surface area contributed by atoms with Crippen LogP contribution < -0.4 is 5.73 Å². The molecular weight excluding hydrogens is 206 g/mol. The maximum absolute atomic E-state index is 5.85. The summed E-state index contributed by atoms with van der Waals surface area (Å²) in [5.74, 6) is 0. The molecule has 2 N–H and O–H groups in total. The Morgan fingerprint density at radius 3 is 3.00 bits per heavy atom. The van der Waals surface area contributed by atoms with Gasteiger partial charge in [0.1, 0.15) is 5.01 Å². The minimum absolute atomic E-state index is 0.116. The van der Waals surface area contributed by atoms with Crippen molar-refractivity contribution in [2.24, 2.45) is 5.73 Å². The summed E-state index contributed by atoms with van der Waals surface area (Å²) in [5.41, 5.74) is 5.85. The summed E-state index contributed by atoms with van der Waals surface area (Å²) in [5, 5.41) is 1.24. The van der Waals surface area contributed by atoms with E-state index >= 15 is 0 Å². The quantitative estimate of drug-likeness (QED) is 0.840. The molecule has 1 fully saturated rings. The fraction of sp³-hybridized carbons (Fsp3) is 0.727. The van der Waals surface area contributed by atoms with Crippen molar-refractivity contribution >= 4 is 11.3 Å². The molecule has 2 heterocycles. The molecule has 2 atom stereocenters. The van der Waals surface area contributed by atoms with Gasteiger partial charge in [0.2, 0.25) is 0 Å². The number of rotatable bonds is 2. The molecule has 0 aromatic carbocycles. The Morgan fingerprint density at radius 1 is 1.60 bits per heavy atom. The van der Waals surface area contributed by atoms with Crippen LogP contribution in [0.4, 0.5) is 0 Å². The molecule has 0 radical (unpaired) electrons. The van der Waals surface area contributed by atoms with Gasteiger partial charge in [-0.1, -0.05) is 6.42 Å². The predicted molar refractivity (Wildman–Crippen MR) is 63.9 cm³/mol. The largest absolute Gasteiger partial charge is 0.323 e. The van der Waals surface area contributed by atoms with E-state index in [0.29, 0.717) is 6.04 Å². The van der Waals surface area contributed by atoms with Gasteiger partial charge in [-0.05, 0) is 33.4 Å². The third-order valence-corrected chi connectivity index (χ3v) is 4.35. The Labute approximate surface area is 95.3 Å². The Hall–Kier alpha value is -0.450. The molecule has 3 nitrogen and oxygen atoms in total. The van der Waals surface area contributed by atoms with E-state index in [2.05, 4.69) is 16.9 Å². The molecule has 2 unspecified atom stereocenters. The predicted octanol–water partition coefficient (Wildman–Crippen LogP) is 2.32. The van der Waals surface area contributed by atoms with Gasteiger partial charge in [0.25, 0.3) is 0 Å². The molecule has 1 aromatic heterocycles. The summed E-state index contributed by atoms with van der Waals surface area (Å²) >= 11 is 1.77. The summed E-state index contributed by atoms with van der Waals surface area (Å²) in [6.45, 7) is 3.21. The molecule has 0 aliphatic carbocycles. The highest BCUT2D eigenvalue weighted by molar-refractivity contribution is 7.11. The van der Waals surface area contributed by atoms with Crippen LogP contribution in [0.15, 0.2) is 6.20 Å². The van der Waals surface area contributed by atoms with Gasteiger partial charge >= 0.3 is 0 Å². The number of nitrogens with zero attached hydrogens (tertiary/aromatic N) is 2. The van der Waals surface area contributed by atoms with Gasteiger partial charge < -0.3 is 5.73 Å². The lowest BCUT2D eigenvalue weighted by Gasteiger charge is -2.30. The second kappa shape index (κ2) is 4.60. The lowest BCUT2D eigenvalue weighted by molar-refractivity contribution is 0.187. The van der Waals surface area contributed by atoms with Crippen LogP contribution in [-0.2, 0) is 0 Å². The Kier molecular flexibility index (Phi) is 3.38. The molecule has 15 heavy (non-hydrogen) atoms. The zero-order valence-corrected chi connectivity index (χ0v) is 10.3. The minimum atomic E-state index is 0.116. The van der Waals surface area contributed by atoms with Crippen molar-refractivity contribution in [3.63, 3.8) is 0 Å². The van der Waals surface area contributed by atoms with Crippen molar-refractivity contribution in [2.45, 2.75) is 38.3 Å². The summed E-state index contributed by atoms with van der Waals surface area (Å²) < 4.78 is 0. The lowest BCUT2D eigenvalue weighted by atomic mass is 10.0. The molecule has 2 rings (SSSR count). The highest BCUT2D eigenvalue weighted by Crippen LogP contribution is 2.33. The molecule has 84 valence electrons. The molecule has 0 amide bonds. The highest BCUT2D eigenvalue weighted by Gasteiger charge is 2.23. The second-order valence-electron chi connectivity index (χ2n) is 4.38. The number of nitrogens with two attached hydrogens (primary N) is 1. The molecule has 4 heteroatoms. The van der Waals surface area contributed by atoms with E-state index in [0.717, 1.165) is 0 Å². The van der Waals surface area contributed by atoms with Gasteiger partial charge in [0.15, 0.2) is 0 Å². The number of thiazole rings is 1. The first-order chi connectivity index (χ1) is 7.18. The van der Waals surface area contributed by atoms with Crippen LogP contribution in [0.25, 0.3) is 0 Å². The topological polar surface area (TPSA) is 42.1 Å². The summed E-state index contributed by atoms with van der Waals surface area (Å²) in [6.07, 6.45) is 5.82. The van der Waals surface area contributed by atoms with E-state index in [1.54, 1.807) is 11.3 Å². The van der Waals surface area contributed by atoms with E-state index in [9.17, 15) is 0 Å². The number of aromatic nitrogens is 1. The molecule has 1 aliphatic heterocycles. The molecule has 0 spiro atoms. The smallest absolute Gasteiger partial charge is 0.110 e. The van der Waals surface area contributed by atoms with Gasteiger partial charge in [-0.3, -0.25) is 4.90 Å². The van der Waals surface area contributed by atoms with Crippen LogP contribution >= 0.6 is 11.3 Å². The summed E-state index contributed by atoms with van der Waals surface area (Å²) in [4.78, 5) is 8.12. The van der Waals surface area contributed by atoms with Crippen molar-refractivity contribution < 1.29 is 0 Å². The Balaban J connectivity index is 2.13. The van der Waals surface area contributed by atoms with Crippen molar-refractivity contribution in [1.29, 1.82) is 0 Å². The average Bonchev–Trinajstić information content (AvgIpc) is 2.67. The first-order valence-corrected chi connectivity index (χ1v) is 6.41. The second-order valence-corrected chi connectivity index (χ2v) is 5.48. The zero-order chi connectivity index (χ0) is 10.8.